The Morgan fingerprint density at radius 1 is 1.27 bits per heavy atom. The smallest absolute Gasteiger partial charge is 0.227 e. The summed E-state index contributed by atoms with van der Waals surface area (Å²) < 4.78 is 13.4. The number of fused-ring (bicyclic) bond motifs is 1. The molecule has 0 aliphatic carbocycles. The Hall–Kier alpha value is -1.11. The summed E-state index contributed by atoms with van der Waals surface area (Å²) in [6.45, 7) is 12.2. The average Bonchev–Trinajstić information content (AvgIpc) is 2.76. The normalized spacial score (nSPS) is 12.3. The molecule has 0 amide bonds. The standard InChI is InChI=1S/C15H24ClN3O2Si/c1-11(2)21-14-12-6-7-19(13(12)17-15(16)18-14)10-20-8-9-22(3,4)5/h6-7,11H,8-10H2,1-5H3. The zero-order valence-corrected chi connectivity index (χ0v) is 15.6. The van der Waals surface area contributed by atoms with Crippen molar-refractivity contribution in [1.82, 2.24) is 14.5 Å². The van der Waals surface area contributed by atoms with Crippen molar-refractivity contribution in [3.63, 3.8) is 0 Å². The van der Waals surface area contributed by atoms with Crippen molar-refractivity contribution in [1.29, 1.82) is 0 Å². The lowest BCUT2D eigenvalue weighted by atomic mass is 10.4. The van der Waals surface area contributed by atoms with Crippen LogP contribution in [0.4, 0.5) is 0 Å². The summed E-state index contributed by atoms with van der Waals surface area (Å²) in [5.41, 5.74) is 0.739. The van der Waals surface area contributed by atoms with Crippen LogP contribution in [-0.2, 0) is 11.5 Å². The van der Waals surface area contributed by atoms with Gasteiger partial charge in [-0.05, 0) is 37.6 Å². The summed E-state index contributed by atoms with van der Waals surface area (Å²) in [5, 5.41) is 1.04. The summed E-state index contributed by atoms with van der Waals surface area (Å²) in [6.07, 6.45) is 1.96. The molecule has 0 bridgehead atoms. The highest BCUT2D eigenvalue weighted by atomic mass is 35.5. The molecule has 0 unspecified atom stereocenters. The van der Waals surface area contributed by atoms with Crippen LogP contribution in [0.1, 0.15) is 13.8 Å². The maximum atomic E-state index is 6.01. The van der Waals surface area contributed by atoms with Gasteiger partial charge >= 0.3 is 0 Å². The van der Waals surface area contributed by atoms with Gasteiger partial charge < -0.3 is 14.0 Å². The quantitative estimate of drug-likeness (QED) is 0.430. The van der Waals surface area contributed by atoms with Crippen molar-refractivity contribution >= 4 is 30.7 Å². The zero-order chi connectivity index (χ0) is 16.3. The number of halogens is 1. The van der Waals surface area contributed by atoms with Gasteiger partial charge in [-0.2, -0.15) is 9.97 Å². The minimum absolute atomic E-state index is 0.0329. The topological polar surface area (TPSA) is 49.2 Å². The highest BCUT2D eigenvalue weighted by molar-refractivity contribution is 6.76. The molecule has 0 aromatic carbocycles. The molecule has 0 radical (unpaired) electrons. The largest absolute Gasteiger partial charge is 0.474 e. The Kier molecular flexibility index (Phi) is 5.47. The summed E-state index contributed by atoms with van der Waals surface area (Å²) >= 11 is 6.01. The van der Waals surface area contributed by atoms with E-state index in [-0.39, 0.29) is 11.4 Å². The van der Waals surface area contributed by atoms with Crippen molar-refractivity contribution in [2.45, 2.75) is 52.4 Å². The van der Waals surface area contributed by atoms with E-state index in [1.54, 1.807) is 0 Å². The van der Waals surface area contributed by atoms with Crippen LogP contribution in [0, 0.1) is 0 Å². The lowest BCUT2D eigenvalue weighted by Gasteiger charge is -2.15. The van der Waals surface area contributed by atoms with Crippen molar-refractivity contribution in [2.24, 2.45) is 0 Å². The molecule has 0 saturated carbocycles. The van der Waals surface area contributed by atoms with Gasteiger partial charge in [-0.15, -0.1) is 0 Å². The molecule has 7 heteroatoms. The molecular weight excluding hydrogens is 318 g/mol. The van der Waals surface area contributed by atoms with Crippen LogP contribution in [0.2, 0.25) is 31.0 Å². The summed E-state index contributed by atoms with van der Waals surface area (Å²) in [6, 6.07) is 3.08. The van der Waals surface area contributed by atoms with Crippen LogP contribution in [-0.4, -0.2) is 35.3 Å². The third-order valence-corrected chi connectivity index (χ3v) is 5.00. The van der Waals surface area contributed by atoms with Gasteiger partial charge in [0.15, 0.2) is 5.65 Å². The number of rotatable bonds is 7. The molecule has 0 spiro atoms. The number of hydrogen-bond acceptors (Lipinski definition) is 4. The van der Waals surface area contributed by atoms with Gasteiger partial charge in [0, 0.05) is 20.9 Å². The average molecular weight is 342 g/mol. The molecule has 5 nitrogen and oxygen atoms in total. The molecular formula is C15H24ClN3O2Si. The van der Waals surface area contributed by atoms with Gasteiger partial charge in [-0.25, -0.2) is 0 Å². The SMILES string of the molecule is CC(C)Oc1nc(Cl)nc2c1ccn2COCC[Si](C)(C)C. The monoisotopic (exact) mass is 341 g/mol. The second kappa shape index (κ2) is 6.98. The summed E-state index contributed by atoms with van der Waals surface area (Å²) in [7, 11) is -1.07. The first-order chi connectivity index (χ1) is 10.3. The molecule has 0 aliphatic heterocycles. The van der Waals surface area contributed by atoms with E-state index in [1.807, 2.05) is 30.7 Å². The first-order valence-corrected chi connectivity index (χ1v) is 11.6. The van der Waals surface area contributed by atoms with E-state index in [4.69, 9.17) is 21.1 Å². The second-order valence-corrected chi connectivity index (χ2v) is 12.8. The molecule has 0 N–H and O–H groups in total. The fourth-order valence-electron chi connectivity index (χ4n) is 1.97. The van der Waals surface area contributed by atoms with E-state index in [0.29, 0.717) is 12.6 Å². The van der Waals surface area contributed by atoms with Crippen LogP contribution in [0.3, 0.4) is 0 Å². The van der Waals surface area contributed by atoms with E-state index in [0.717, 1.165) is 23.7 Å². The highest BCUT2D eigenvalue weighted by Crippen LogP contribution is 2.26. The Labute approximate surface area is 137 Å². The maximum absolute atomic E-state index is 6.01. The maximum Gasteiger partial charge on any atom is 0.227 e. The first-order valence-electron chi connectivity index (χ1n) is 7.53. The lowest BCUT2D eigenvalue weighted by Crippen LogP contribution is -2.22. The Bertz CT molecular complexity index is 637. The van der Waals surface area contributed by atoms with Gasteiger partial charge in [-0.1, -0.05) is 19.6 Å². The van der Waals surface area contributed by atoms with Gasteiger partial charge in [0.2, 0.25) is 11.2 Å². The molecule has 22 heavy (non-hydrogen) atoms. The van der Waals surface area contributed by atoms with E-state index in [9.17, 15) is 0 Å². The highest BCUT2D eigenvalue weighted by Gasteiger charge is 2.14. The predicted octanol–water partition coefficient (Wildman–Crippen LogP) is 4.18. The van der Waals surface area contributed by atoms with Gasteiger partial charge in [0.1, 0.15) is 6.73 Å². The minimum Gasteiger partial charge on any atom is -0.474 e. The van der Waals surface area contributed by atoms with Crippen LogP contribution in [0.25, 0.3) is 11.0 Å². The number of aromatic nitrogens is 3. The van der Waals surface area contributed by atoms with Crippen LogP contribution in [0.5, 0.6) is 5.88 Å². The fraction of sp³-hybridized carbons (Fsp3) is 0.600. The number of nitrogens with zero attached hydrogens (tertiary/aromatic N) is 3. The van der Waals surface area contributed by atoms with Gasteiger partial charge in [0.25, 0.3) is 0 Å². The van der Waals surface area contributed by atoms with Gasteiger partial charge in [0.05, 0.1) is 11.5 Å². The van der Waals surface area contributed by atoms with Crippen molar-refractivity contribution in [2.75, 3.05) is 6.61 Å². The summed E-state index contributed by atoms with van der Waals surface area (Å²) in [5.74, 6) is 0.519. The summed E-state index contributed by atoms with van der Waals surface area (Å²) in [4.78, 5) is 8.46. The third kappa shape index (κ3) is 4.69. The van der Waals surface area contributed by atoms with Crippen LogP contribution in [0.15, 0.2) is 12.3 Å². The number of ether oxygens (including phenoxy) is 2. The Morgan fingerprint density at radius 3 is 2.64 bits per heavy atom. The van der Waals surface area contributed by atoms with Crippen LogP contribution < -0.4 is 4.74 Å². The lowest BCUT2D eigenvalue weighted by molar-refractivity contribution is 0.0898. The molecule has 0 saturated heterocycles. The fourth-order valence-corrected chi connectivity index (χ4v) is 2.88. The molecule has 122 valence electrons. The van der Waals surface area contributed by atoms with Gasteiger partial charge in [-0.3, -0.25) is 0 Å². The molecule has 2 aromatic heterocycles. The number of hydrogen-bond donors (Lipinski definition) is 0. The van der Waals surface area contributed by atoms with E-state index >= 15 is 0 Å². The van der Waals surface area contributed by atoms with Crippen molar-refractivity contribution < 1.29 is 9.47 Å². The molecule has 0 atom stereocenters. The molecule has 0 fully saturated rings. The predicted molar refractivity (Wildman–Crippen MR) is 92.4 cm³/mol. The molecule has 0 aliphatic rings. The molecule has 2 rings (SSSR count). The Balaban J connectivity index is 2.13. The first kappa shape index (κ1) is 17.2. The molecule has 2 aromatic rings. The third-order valence-electron chi connectivity index (χ3n) is 3.13. The minimum atomic E-state index is -1.07. The van der Waals surface area contributed by atoms with Crippen molar-refractivity contribution in [3.8, 4) is 5.88 Å². The van der Waals surface area contributed by atoms with E-state index < -0.39 is 8.07 Å². The zero-order valence-electron chi connectivity index (χ0n) is 13.9. The Morgan fingerprint density at radius 2 is 2.00 bits per heavy atom. The van der Waals surface area contributed by atoms with Crippen molar-refractivity contribution in [3.05, 3.63) is 17.5 Å². The van der Waals surface area contributed by atoms with E-state index in [2.05, 4.69) is 29.6 Å². The van der Waals surface area contributed by atoms with E-state index in [1.165, 1.54) is 0 Å². The van der Waals surface area contributed by atoms with Crippen LogP contribution >= 0.6 is 11.6 Å². The second-order valence-electron chi connectivity index (χ2n) is 6.84. The molecule has 2 heterocycles.